The molecule has 37 heavy (non-hydrogen) atoms. The summed E-state index contributed by atoms with van der Waals surface area (Å²) in [5.41, 5.74) is 3.95. The molecule has 0 fully saturated rings. The first-order chi connectivity index (χ1) is 17.5. The molecule has 0 radical (unpaired) electrons. The fourth-order valence-electron chi connectivity index (χ4n) is 5.08. The van der Waals surface area contributed by atoms with Gasteiger partial charge in [-0.25, -0.2) is 0 Å². The van der Waals surface area contributed by atoms with Crippen LogP contribution in [0.4, 0.5) is 0 Å². The van der Waals surface area contributed by atoms with E-state index < -0.39 is 8.32 Å². The zero-order valence-electron chi connectivity index (χ0n) is 24.3. The summed E-state index contributed by atoms with van der Waals surface area (Å²) in [5.74, 6) is 2.29. The second kappa shape index (κ2) is 12.8. The second-order valence-corrected chi connectivity index (χ2v) is 18.6. The molecule has 0 saturated carbocycles. The zero-order valence-corrected chi connectivity index (χ0v) is 26.1. The molecule has 3 rings (SSSR count). The van der Waals surface area contributed by atoms with Crippen molar-refractivity contribution in [3.63, 3.8) is 0 Å². The van der Waals surface area contributed by atoms with Crippen molar-refractivity contribution in [2.45, 2.75) is 83.4 Å². The van der Waals surface area contributed by atoms with Gasteiger partial charge >= 0.3 is 0 Å². The first-order valence-electron chi connectivity index (χ1n) is 13.9. The predicted molar refractivity (Wildman–Crippen MR) is 167 cm³/mol. The quantitative estimate of drug-likeness (QED) is 0.169. The van der Waals surface area contributed by atoms with E-state index in [0.29, 0.717) is 11.8 Å². The summed E-state index contributed by atoms with van der Waals surface area (Å²) in [6, 6.07) is 33.1. The van der Waals surface area contributed by atoms with E-state index in [-0.39, 0.29) is 15.9 Å². The Morgan fingerprint density at radius 2 is 1.08 bits per heavy atom. The van der Waals surface area contributed by atoms with E-state index >= 15 is 0 Å². The molecule has 0 heterocycles. The largest absolute Gasteiger partial charge is 0.413 e. The van der Waals surface area contributed by atoms with Crippen LogP contribution in [0.2, 0.25) is 18.1 Å². The lowest BCUT2D eigenvalue weighted by Gasteiger charge is -2.42. The Morgan fingerprint density at radius 3 is 1.43 bits per heavy atom. The molecule has 0 N–H and O–H groups in total. The summed E-state index contributed by atoms with van der Waals surface area (Å²) in [6.07, 6.45) is 2.56. The van der Waals surface area contributed by atoms with Crippen molar-refractivity contribution in [3.8, 4) is 0 Å². The van der Waals surface area contributed by atoms with Gasteiger partial charge in [0.05, 0.1) is 10.9 Å². The number of hydrogen-bond donors (Lipinski definition) is 0. The third-order valence-electron chi connectivity index (χ3n) is 7.83. The zero-order chi connectivity index (χ0) is 27.1. The van der Waals surface area contributed by atoms with Gasteiger partial charge in [0.25, 0.3) is 0 Å². The first-order valence-corrected chi connectivity index (χ1v) is 17.8. The topological polar surface area (TPSA) is 9.23 Å². The van der Waals surface area contributed by atoms with Crippen LogP contribution in [-0.4, -0.2) is 20.2 Å². The maximum absolute atomic E-state index is 7.18. The molecular weight excluding hydrogens is 485 g/mol. The van der Waals surface area contributed by atoms with Gasteiger partial charge in [0.2, 0.25) is 0 Å². The molecule has 0 aliphatic carbocycles. The third kappa shape index (κ3) is 7.62. The summed E-state index contributed by atoms with van der Waals surface area (Å²) in [5, 5.41) is 0.187. The maximum Gasteiger partial charge on any atom is 0.192 e. The van der Waals surface area contributed by atoms with Gasteiger partial charge in [-0.3, -0.25) is 0 Å². The molecule has 200 valence electrons. The van der Waals surface area contributed by atoms with Gasteiger partial charge in [0.15, 0.2) is 8.32 Å². The molecule has 0 unspecified atom stereocenters. The highest BCUT2D eigenvalue weighted by Crippen LogP contribution is 2.49. The Morgan fingerprint density at radius 1 is 0.676 bits per heavy atom. The summed E-state index contributed by atoms with van der Waals surface area (Å²) in [6.45, 7) is 18.9. The lowest BCUT2D eigenvalue weighted by molar-refractivity contribution is 0.167. The minimum atomic E-state index is -1.92. The van der Waals surface area contributed by atoms with Crippen LogP contribution in [0.1, 0.15) is 71.1 Å². The smallest absolute Gasteiger partial charge is 0.192 e. The summed E-state index contributed by atoms with van der Waals surface area (Å²) >= 11 is 2.05. The molecule has 0 spiro atoms. The minimum absolute atomic E-state index is 0.187. The Kier molecular flexibility index (Phi) is 10.3. The molecule has 3 aromatic rings. The van der Waals surface area contributed by atoms with Crippen LogP contribution >= 0.6 is 11.8 Å². The van der Waals surface area contributed by atoms with Crippen molar-refractivity contribution >= 4 is 20.1 Å². The van der Waals surface area contributed by atoms with Crippen LogP contribution in [0, 0.1) is 11.8 Å². The van der Waals surface area contributed by atoms with Crippen LogP contribution in [0.5, 0.6) is 0 Å². The highest BCUT2D eigenvalue weighted by atomic mass is 32.2. The van der Waals surface area contributed by atoms with Gasteiger partial charge in [-0.1, -0.05) is 133 Å². The van der Waals surface area contributed by atoms with Crippen molar-refractivity contribution < 1.29 is 4.43 Å². The van der Waals surface area contributed by atoms with Crippen LogP contribution in [0.3, 0.4) is 0 Å². The number of thioether (sulfide) groups is 1. The van der Waals surface area contributed by atoms with E-state index in [1.807, 2.05) is 11.8 Å². The summed E-state index contributed by atoms with van der Waals surface area (Å²) < 4.78 is 6.87. The van der Waals surface area contributed by atoms with E-state index in [4.69, 9.17) is 4.43 Å². The molecular formula is C34H48OSSi. The number of benzene rings is 3. The van der Waals surface area contributed by atoms with Gasteiger partial charge in [0, 0.05) is 5.75 Å². The van der Waals surface area contributed by atoms with Gasteiger partial charge in [-0.05, 0) is 59.5 Å². The van der Waals surface area contributed by atoms with Gasteiger partial charge in [0.1, 0.15) is 0 Å². The fourth-order valence-corrected chi connectivity index (χ4v) is 8.12. The first kappa shape index (κ1) is 29.7. The highest BCUT2D eigenvalue weighted by molar-refractivity contribution is 8.00. The second-order valence-electron chi connectivity index (χ2n) is 12.6. The van der Waals surface area contributed by atoms with Crippen LogP contribution in [0.15, 0.2) is 91.0 Å². The SMILES string of the molecule is CC(C)C[C@@H](C)C[C@H](CSC(c1ccccc1)(c1ccccc1)c1ccccc1)O[Si](C)(C)C(C)(C)C. The van der Waals surface area contributed by atoms with E-state index in [1.54, 1.807) is 0 Å². The van der Waals surface area contributed by atoms with Crippen molar-refractivity contribution in [3.05, 3.63) is 108 Å². The van der Waals surface area contributed by atoms with Crippen molar-refractivity contribution in [1.29, 1.82) is 0 Å². The Labute approximate surface area is 232 Å². The van der Waals surface area contributed by atoms with Crippen LogP contribution in [-0.2, 0) is 9.17 Å². The van der Waals surface area contributed by atoms with Crippen LogP contribution < -0.4 is 0 Å². The monoisotopic (exact) mass is 532 g/mol. The average Bonchev–Trinajstić information content (AvgIpc) is 2.85. The predicted octanol–water partition coefficient (Wildman–Crippen LogP) is 10.2. The molecule has 0 aromatic heterocycles. The van der Waals surface area contributed by atoms with Crippen molar-refractivity contribution in [2.75, 3.05) is 5.75 Å². The molecule has 0 saturated heterocycles. The minimum Gasteiger partial charge on any atom is -0.413 e. The van der Waals surface area contributed by atoms with Gasteiger partial charge in [-0.2, -0.15) is 0 Å². The van der Waals surface area contributed by atoms with E-state index in [9.17, 15) is 0 Å². The van der Waals surface area contributed by atoms with Crippen LogP contribution in [0.25, 0.3) is 0 Å². The third-order valence-corrected chi connectivity index (χ3v) is 14.0. The Balaban J connectivity index is 2.06. The molecule has 0 amide bonds. The van der Waals surface area contributed by atoms with Gasteiger partial charge < -0.3 is 4.43 Å². The Hall–Kier alpha value is -1.81. The fraction of sp³-hybridized carbons (Fsp3) is 0.471. The summed E-state index contributed by atoms with van der Waals surface area (Å²) in [7, 11) is -1.92. The molecule has 0 bridgehead atoms. The maximum atomic E-state index is 7.18. The van der Waals surface area contributed by atoms with Crippen molar-refractivity contribution in [1.82, 2.24) is 0 Å². The van der Waals surface area contributed by atoms with E-state index in [0.717, 1.165) is 12.2 Å². The molecule has 3 aromatic carbocycles. The molecule has 0 aliphatic rings. The Bertz CT molecular complexity index is 961. The standard InChI is InChI=1S/C34H48OSSi/c1-27(2)24-28(3)25-32(35-37(7,8)33(4,5)6)26-36-34(29-18-12-9-13-19-29,30-20-14-10-15-21-30)31-22-16-11-17-23-31/h9-23,27-28,32H,24-26H2,1-8H3/t28-,32-/m1/s1. The summed E-state index contributed by atoms with van der Waals surface area (Å²) in [4.78, 5) is 0. The number of rotatable bonds is 12. The average molecular weight is 533 g/mol. The molecule has 1 nitrogen and oxygen atoms in total. The lowest BCUT2D eigenvalue weighted by Crippen LogP contribution is -2.45. The molecule has 0 aliphatic heterocycles. The van der Waals surface area contributed by atoms with E-state index in [2.05, 4.69) is 146 Å². The number of hydrogen-bond acceptors (Lipinski definition) is 2. The van der Waals surface area contributed by atoms with Crippen molar-refractivity contribution in [2.24, 2.45) is 11.8 Å². The normalized spacial score (nSPS) is 14.5. The molecule has 3 heteroatoms. The lowest BCUT2D eigenvalue weighted by atomic mass is 9.84. The van der Waals surface area contributed by atoms with Gasteiger partial charge in [-0.15, -0.1) is 11.8 Å². The molecule has 2 atom stereocenters. The highest BCUT2D eigenvalue weighted by Gasteiger charge is 2.41. The van der Waals surface area contributed by atoms with E-state index in [1.165, 1.54) is 23.1 Å².